The molecule has 0 fully saturated rings. The van der Waals surface area contributed by atoms with Crippen LogP contribution in [-0.4, -0.2) is 24.1 Å². The van der Waals surface area contributed by atoms with Gasteiger partial charge in [0.15, 0.2) is 0 Å². The molecule has 3 aromatic carbocycles. The van der Waals surface area contributed by atoms with E-state index in [0.717, 1.165) is 16.3 Å². The van der Waals surface area contributed by atoms with Crippen molar-refractivity contribution >= 4 is 38.1 Å². The van der Waals surface area contributed by atoms with Gasteiger partial charge in [0.1, 0.15) is 0 Å². The van der Waals surface area contributed by atoms with E-state index in [1.54, 1.807) is 23.0 Å². The van der Waals surface area contributed by atoms with E-state index in [0.29, 0.717) is 17.9 Å². The van der Waals surface area contributed by atoms with E-state index in [4.69, 9.17) is 0 Å². The summed E-state index contributed by atoms with van der Waals surface area (Å²) in [5.74, 6) is -0.220. The minimum Gasteiger partial charge on any atom is -0.326 e. The smallest absolute Gasteiger partial charge is 0.261 e. The lowest BCUT2D eigenvalue weighted by Gasteiger charge is -2.08. The van der Waals surface area contributed by atoms with Gasteiger partial charge in [-0.05, 0) is 40.6 Å². The summed E-state index contributed by atoms with van der Waals surface area (Å²) in [5, 5.41) is 9.17. The third kappa shape index (κ3) is 4.33. The summed E-state index contributed by atoms with van der Waals surface area (Å²) in [6.45, 7) is 1.91. The molecular weight excluding hydrogens is 400 g/mol. The Morgan fingerprint density at radius 1 is 0.967 bits per heavy atom. The van der Waals surface area contributed by atoms with Crippen LogP contribution in [0.1, 0.15) is 12.5 Å². The number of benzene rings is 3. The highest BCUT2D eigenvalue weighted by atomic mass is 32.2. The largest absolute Gasteiger partial charge is 0.326 e. The number of anilines is 2. The summed E-state index contributed by atoms with van der Waals surface area (Å²) in [6, 6.07) is 20.1. The molecule has 0 atom stereocenters. The van der Waals surface area contributed by atoms with Crippen LogP contribution in [0.3, 0.4) is 0 Å². The second kappa shape index (κ2) is 8.00. The number of sulfonamides is 1. The number of hydrogen-bond donors (Lipinski definition) is 2. The van der Waals surface area contributed by atoms with E-state index in [1.165, 1.54) is 25.3 Å². The summed E-state index contributed by atoms with van der Waals surface area (Å²) < 4.78 is 29.5. The van der Waals surface area contributed by atoms with Crippen molar-refractivity contribution in [2.75, 3.05) is 10.0 Å². The van der Waals surface area contributed by atoms with Gasteiger partial charge in [-0.25, -0.2) is 8.42 Å². The van der Waals surface area contributed by atoms with Crippen molar-refractivity contribution in [1.29, 1.82) is 0 Å². The predicted molar refractivity (Wildman–Crippen MR) is 117 cm³/mol. The summed E-state index contributed by atoms with van der Waals surface area (Å²) >= 11 is 0. The number of nitrogens with zero attached hydrogens (tertiary/aromatic N) is 2. The lowest BCUT2D eigenvalue weighted by atomic mass is 10.0. The highest BCUT2D eigenvalue weighted by Gasteiger charge is 2.15. The van der Waals surface area contributed by atoms with Crippen LogP contribution in [0.4, 0.5) is 11.4 Å². The summed E-state index contributed by atoms with van der Waals surface area (Å²) in [4.78, 5) is 11.2. The van der Waals surface area contributed by atoms with E-state index in [2.05, 4.69) is 33.3 Å². The van der Waals surface area contributed by atoms with Crippen LogP contribution in [0.15, 0.2) is 84.0 Å². The summed E-state index contributed by atoms with van der Waals surface area (Å²) in [5.41, 5.74) is 2.00. The van der Waals surface area contributed by atoms with Gasteiger partial charge in [0, 0.05) is 18.8 Å². The molecule has 4 rings (SSSR count). The highest BCUT2D eigenvalue weighted by Crippen LogP contribution is 2.21. The lowest BCUT2D eigenvalue weighted by Crippen LogP contribution is -2.13. The van der Waals surface area contributed by atoms with Gasteiger partial charge in [0.2, 0.25) is 5.91 Å². The molecule has 0 unspecified atom stereocenters. The summed E-state index contributed by atoms with van der Waals surface area (Å²) in [6.07, 6.45) is 3.14. The Kier molecular flexibility index (Phi) is 5.24. The SMILES string of the molecule is CC(=O)Nc1ccc(S(=O)(=O)Nc2cnn(Cc3cccc4ccccc34)c2)cc1. The van der Waals surface area contributed by atoms with Gasteiger partial charge in [-0.2, -0.15) is 5.10 Å². The van der Waals surface area contributed by atoms with E-state index in [-0.39, 0.29) is 10.8 Å². The standard InChI is InChI=1S/C22H20N4O3S/c1-16(27)24-19-9-11-21(12-10-19)30(28,29)25-20-13-23-26(15-20)14-18-7-4-6-17-5-2-3-8-22(17)18/h2-13,15,25H,14H2,1H3,(H,24,27). The average molecular weight is 420 g/mol. The quantitative estimate of drug-likeness (QED) is 0.496. The van der Waals surface area contributed by atoms with E-state index in [1.807, 2.05) is 24.3 Å². The first kappa shape index (κ1) is 19.7. The van der Waals surface area contributed by atoms with Gasteiger partial charge in [0.05, 0.1) is 23.3 Å². The first-order chi connectivity index (χ1) is 14.4. The van der Waals surface area contributed by atoms with Crippen LogP contribution in [0.5, 0.6) is 0 Å². The lowest BCUT2D eigenvalue weighted by molar-refractivity contribution is -0.114. The normalized spacial score (nSPS) is 11.4. The van der Waals surface area contributed by atoms with Gasteiger partial charge in [-0.15, -0.1) is 0 Å². The molecule has 0 saturated heterocycles. The zero-order valence-corrected chi connectivity index (χ0v) is 17.1. The Morgan fingerprint density at radius 3 is 2.47 bits per heavy atom. The number of fused-ring (bicyclic) bond motifs is 1. The molecule has 0 aliphatic heterocycles. The Balaban J connectivity index is 1.50. The first-order valence-corrected chi connectivity index (χ1v) is 10.8. The molecule has 0 spiro atoms. The minimum atomic E-state index is -3.77. The van der Waals surface area contributed by atoms with E-state index < -0.39 is 10.0 Å². The molecule has 0 saturated carbocycles. The fraction of sp³-hybridized carbons (Fsp3) is 0.0909. The molecule has 0 aliphatic rings. The number of carbonyl (C=O) groups excluding carboxylic acids is 1. The van der Waals surface area contributed by atoms with Crippen molar-refractivity contribution in [3.05, 3.63) is 84.7 Å². The molecule has 1 amide bonds. The second-order valence-electron chi connectivity index (χ2n) is 6.88. The third-order valence-electron chi connectivity index (χ3n) is 4.58. The Morgan fingerprint density at radius 2 is 1.70 bits per heavy atom. The highest BCUT2D eigenvalue weighted by molar-refractivity contribution is 7.92. The van der Waals surface area contributed by atoms with Crippen molar-refractivity contribution in [2.24, 2.45) is 0 Å². The molecule has 30 heavy (non-hydrogen) atoms. The second-order valence-corrected chi connectivity index (χ2v) is 8.56. The van der Waals surface area contributed by atoms with Crippen LogP contribution < -0.4 is 10.0 Å². The van der Waals surface area contributed by atoms with Gasteiger partial charge in [-0.1, -0.05) is 42.5 Å². The van der Waals surface area contributed by atoms with Crippen LogP contribution in [-0.2, 0) is 21.4 Å². The fourth-order valence-corrected chi connectivity index (χ4v) is 4.27. The van der Waals surface area contributed by atoms with Crippen molar-refractivity contribution in [3.63, 3.8) is 0 Å². The number of hydrogen-bond acceptors (Lipinski definition) is 4. The molecule has 2 N–H and O–H groups in total. The topological polar surface area (TPSA) is 93.1 Å². The van der Waals surface area contributed by atoms with E-state index in [9.17, 15) is 13.2 Å². The maximum absolute atomic E-state index is 12.6. The molecule has 1 aromatic heterocycles. The molecule has 152 valence electrons. The predicted octanol–water partition coefficient (Wildman–Crippen LogP) is 3.84. The maximum atomic E-state index is 12.6. The van der Waals surface area contributed by atoms with Gasteiger partial charge in [0.25, 0.3) is 10.0 Å². The minimum absolute atomic E-state index is 0.0957. The van der Waals surface area contributed by atoms with Crippen LogP contribution in [0.2, 0.25) is 0 Å². The Bertz CT molecular complexity index is 1310. The molecule has 0 aliphatic carbocycles. The Labute approximate surface area is 174 Å². The van der Waals surface area contributed by atoms with Gasteiger partial charge < -0.3 is 5.32 Å². The molecule has 0 radical (unpaired) electrons. The van der Waals surface area contributed by atoms with Crippen LogP contribution in [0.25, 0.3) is 10.8 Å². The van der Waals surface area contributed by atoms with Crippen LogP contribution in [0, 0.1) is 0 Å². The van der Waals surface area contributed by atoms with Crippen molar-refractivity contribution < 1.29 is 13.2 Å². The third-order valence-corrected chi connectivity index (χ3v) is 5.98. The number of aromatic nitrogens is 2. The van der Waals surface area contributed by atoms with Crippen LogP contribution >= 0.6 is 0 Å². The summed E-state index contributed by atoms with van der Waals surface area (Å²) in [7, 11) is -3.77. The van der Waals surface area contributed by atoms with Crippen molar-refractivity contribution in [1.82, 2.24) is 9.78 Å². The van der Waals surface area contributed by atoms with Crippen molar-refractivity contribution in [3.8, 4) is 0 Å². The number of carbonyl (C=O) groups is 1. The molecule has 8 heteroatoms. The average Bonchev–Trinajstić information content (AvgIpc) is 3.14. The van der Waals surface area contributed by atoms with Gasteiger partial charge >= 0.3 is 0 Å². The zero-order chi connectivity index (χ0) is 21.1. The maximum Gasteiger partial charge on any atom is 0.261 e. The van der Waals surface area contributed by atoms with E-state index >= 15 is 0 Å². The van der Waals surface area contributed by atoms with Gasteiger partial charge in [-0.3, -0.25) is 14.2 Å². The fourth-order valence-electron chi connectivity index (χ4n) is 3.24. The monoisotopic (exact) mass is 420 g/mol. The molecule has 0 bridgehead atoms. The first-order valence-electron chi connectivity index (χ1n) is 9.30. The molecule has 1 heterocycles. The van der Waals surface area contributed by atoms with Crippen molar-refractivity contribution in [2.45, 2.75) is 18.4 Å². The zero-order valence-electron chi connectivity index (χ0n) is 16.2. The number of nitrogens with one attached hydrogen (secondary N) is 2. The molecule has 4 aromatic rings. The molecule has 7 nitrogen and oxygen atoms in total. The number of rotatable bonds is 6. The Hall–Kier alpha value is -3.65. The molecular formula is C22H20N4O3S. The number of amides is 1.